The Morgan fingerprint density at radius 1 is 1.09 bits per heavy atom. The lowest BCUT2D eigenvalue weighted by Gasteiger charge is -2.15. The van der Waals surface area contributed by atoms with Crippen LogP contribution >= 0.6 is 11.6 Å². The Morgan fingerprint density at radius 2 is 1.83 bits per heavy atom. The summed E-state index contributed by atoms with van der Waals surface area (Å²) < 4.78 is 5.32. The molecular weight excluding hydrogens is 314 g/mol. The Morgan fingerprint density at radius 3 is 2.52 bits per heavy atom. The summed E-state index contributed by atoms with van der Waals surface area (Å²) in [5.41, 5.74) is 0.895. The van der Waals surface area contributed by atoms with Gasteiger partial charge >= 0.3 is 0 Å². The minimum absolute atomic E-state index is 0.0201. The Kier molecular flexibility index (Phi) is 4.08. The van der Waals surface area contributed by atoms with E-state index >= 15 is 0 Å². The molecule has 0 aromatic heterocycles. The largest absolute Gasteiger partial charge is 0.507 e. The SMILES string of the molecule is COc1ccc2c(Cl)ccc(O)c2c1NC(=O)c1ccccc1. The molecule has 3 aromatic carbocycles. The number of carbonyl (C=O) groups is 1. The van der Waals surface area contributed by atoms with E-state index in [0.29, 0.717) is 32.8 Å². The Hall–Kier alpha value is -2.72. The van der Waals surface area contributed by atoms with E-state index in [0.717, 1.165) is 0 Å². The van der Waals surface area contributed by atoms with Gasteiger partial charge < -0.3 is 15.2 Å². The number of amides is 1. The number of carbonyl (C=O) groups excluding carboxylic acids is 1. The van der Waals surface area contributed by atoms with E-state index in [1.807, 2.05) is 6.07 Å². The molecule has 116 valence electrons. The van der Waals surface area contributed by atoms with Crippen LogP contribution in [0.3, 0.4) is 0 Å². The van der Waals surface area contributed by atoms with Crippen molar-refractivity contribution in [3.05, 3.63) is 65.2 Å². The summed E-state index contributed by atoms with van der Waals surface area (Å²) in [6, 6.07) is 15.4. The van der Waals surface area contributed by atoms with Crippen molar-refractivity contribution in [1.82, 2.24) is 0 Å². The van der Waals surface area contributed by atoms with Gasteiger partial charge in [0.15, 0.2) is 0 Å². The van der Waals surface area contributed by atoms with Crippen molar-refractivity contribution >= 4 is 34.0 Å². The number of aromatic hydroxyl groups is 1. The number of hydrogen-bond donors (Lipinski definition) is 2. The third-order valence-electron chi connectivity index (χ3n) is 3.56. The van der Waals surface area contributed by atoms with E-state index < -0.39 is 0 Å². The molecule has 0 heterocycles. The number of hydrogen-bond acceptors (Lipinski definition) is 3. The number of halogens is 1. The minimum atomic E-state index is -0.296. The van der Waals surface area contributed by atoms with Crippen LogP contribution in [0.4, 0.5) is 5.69 Å². The highest BCUT2D eigenvalue weighted by molar-refractivity contribution is 6.36. The predicted molar refractivity (Wildman–Crippen MR) is 91.6 cm³/mol. The fourth-order valence-corrected chi connectivity index (χ4v) is 2.66. The molecule has 4 nitrogen and oxygen atoms in total. The van der Waals surface area contributed by atoms with E-state index in [9.17, 15) is 9.90 Å². The van der Waals surface area contributed by atoms with Gasteiger partial charge in [-0.15, -0.1) is 0 Å². The molecule has 0 radical (unpaired) electrons. The lowest BCUT2D eigenvalue weighted by molar-refractivity contribution is 0.102. The Labute approximate surface area is 138 Å². The first-order valence-corrected chi connectivity index (χ1v) is 7.34. The summed E-state index contributed by atoms with van der Waals surface area (Å²) in [7, 11) is 1.50. The third kappa shape index (κ3) is 2.81. The number of nitrogens with one attached hydrogen (secondary N) is 1. The lowest BCUT2D eigenvalue weighted by atomic mass is 10.1. The summed E-state index contributed by atoms with van der Waals surface area (Å²) in [5, 5.41) is 14.6. The third-order valence-corrected chi connectivity index (χ3v) is 3.89. The monoisotopic (exact) mass is 327 g/mol. The molecule has 3 rings (SSSR count). The number of phenols is 1. The van der Waals surface area contributed by atoms with Crippen LogP contribution in [0, 0.1) is 0 Å². The van der Waals surface area contributed by atoms with E-state index in [-0.39, 0.29) is 11.7 Å². The van der Waals surface area contributed by atoms with Crippen LogP contribution in [0.5, 0.6) is 11.5 Å². The second-order valence-electron chi connectivity index (χ2n) is 4.95. The quantitative estimate of drug-likeness (QED) is 0.746. The summed E-state index contributed by atoms with van der Waals surface area (Å²) in [5.74, 6) is 0.168. The highest BCUT2D eigenvalue weighted by Crippen LogP contribution is 2.41. The molecule has 1 amide bonds. The number of fused-ring (bicyclic) bond motifs is 1. The molecule has 0 aliphatic rings. The summed E-state index contributed by atoms with van der Waals surface area (Å²) >= 11 is 6.19. The van der Waals surface area contributed by atoms with Crippen LogP contribution < -0.4 is 10.1 Å². The number of benzene rings is 3. The first-order valence-electron chi connectivity index (χ1n) is 6.96. The van der Waals surface area contributed by atoms with Crippen LogP contribution in [0.25, 0.3) is 10.8 Å². The fraction of sp³-hybridized carbons (Fsp3) is 0.0556. The van der Waals surface area contributed by atoms with Gasteiger partial charge in [0, 0.05) is 16.0 Å². The molecule has 5 heteroatoms. The number of rotatable bonds is 3. The minimum Gasteiger partial charge on any atom is -0.507 e. The summed E-state index contributed by atoms with van der Waals surface area (Å²) in [4.78, 5) is 12.4. The molecule has 3 aromatic rings. The second kappa shape index (κ2) is 6.18. The topological polar surface area (TPSA) is 58.6 Å². The molecule has 0 aliphatic carbocycles. The maximum absolute atomic E-state index is 12.4. The molecule has 2 N–H and O–H groups in total. The zero-order valence-corrected chi connectivity index (χ0v) is 13.1. The van der Waals surface area contributed by atoms with Gasteiger partial charge in [-0.1, -0.05) is 29.8 Å². The maximum Gasteiger partial charge on any atom is 0.255 e. The predicted octanol–water partition coefficient (Wildman–Crippen LogP) is 4.46. The van der Waals surface area contributed by atoms with Crippen molar-refractivity contribution in [1.29, 1.82) is 0 Å². The van der Waals surface area contributed by atoms with Crippen LogP contribution in [-0.4, -0.2) is 18.1 Å². The summed E-state index contributed by atoms with van der Waals surface area (Å²) in [6.45, 7) is 0. The van der Waals surface area contributed by atoms with Crippen molar-refractivity contribution in [2.45, 2.75) is 0 Å². The number of ether oxygens (including phenoxy) is 1. The zero-order chi connectivity index (χ0) is 16.4. The number of phenolic OH excluding ortho intramolecular Hbond substituents is 1. The van der Waals surface area contributed by atoms with Gasteiger partial charge in [-0.3, -0.25) is 4.79 Å². The van der Waals surface area contributed by atoms with E-state index in [1.165, 1.54) is 13.2 Å². The normalized spacial score (nSPS) is 10.5. The van der Waals surface area contributed by atoms with Crippen molar-refractivity contribution < 1.29 is 14.6 Å². The van der Waals surface area contributed by atoms with E-state index in [4.69, 9.17) is 16.3 Å². The Balaban J connectivity index is 2.15. The Bertz CT molecular complexity index is 878. The van der Waals surface area contributed by atoms with Crippen LogP contribution in [0.2, 0.25) is 5.02 Å². The smallest absolute Gasteiger partial charge is 0.255 e. The first kappa shape index (κ1) is 15.2. The van der Waals surface area contributed by atoms with Gasteiger partial charge in [0.1, 0.15) is 11.5 Å². The van der Waals surface area contributed by atoms with E-state index in [2.05, 4.69) is 5.32 Å². The molecule has 0 spiro atoms. The van der Waals surface area contributed by atoms with Gasteiger partial charge in [-0.25, -0.2) is 0 Å². The van der Waals surface area contributed by atoms with Crippen molar-refractivity contribution in [3.8, 4) is 11.5 Å². The molecule has 0 unspecified atom stereocenters. The first-order chi connectivity index (χ1) is 11.1. The molecule has 0 saturated heterocycles. The van der Waals surface area contributed by atoms with E-state index in [1.54, 1.807) is 42.5 Å². The van der Waals surface area contributed by atoms with Crippen molar-refractivity contribution in [2.75, 3.05) is 12.4 Å². The van der Waals surface area contributed by atoms with Gasteiger partial charge in [-0.05, 0) is 36.4 Å². The summed E-state index contributed by atoms with van der Waals surface area (Å²) in [6.07, 6.45) is 0. The van der Waals surface area contributed by atoms with Crippen LogP contribution in [0.1, 0.15) is 10.4 Å². The van der Waals surface area contributed by atoms with Crippen LogP contribution in [-0.2, 0) is 0 Å². The van der Waals surface area contributed by atoms with Crippen LogP contribution in [0.15, 0.2) is 54.6 Å². The molecule has 0 fully saturated rings. The molecule has 0 bridgehead atoms. The molecule has 0 aliphatic heterocycles. The van der Waals surface area contributed by atoms with Crippen molar-refractivity contribution in [2.24, 2.45) is 0 Å². The van der Waals surface area contributed by atoms with Gasteiger partial charge in [0.2, 0.25) is 0 Å². The maximum atomic E-state index is 12.4. The highest BCUT2D eigenvalue weighted by atomic mass is 35.5. The van der Waals surface area contributed by atoms with Gasteiger partial charge in [-0.2, -0.15) is 0 Å². The average Bonchev–Trinajstić information content (AvgIpc) is 2.59. The lowest BCUT2D eigenvalue weighted by Crippen LogP contribution is -2.13. The van der Waals surface area contributed by atoms with Crippen molar-refractivity contribution in [3.63, 3.8) is 0 Å². The fourth-order valence-electron chi connectivity index (χ4n) is 2.44. The molecular formula is C18H14ClNO3. The standard InChI is InChI=1S/C18H14ClNO3/c1-23-15-10-7-12-13(19)8-9-14(21)16(12)17(15)20-18(22)11-5-3-2-4-6-11/h2-10,21H,1H3,(H,20,22). The number of methoxy groups -OCH3 is 1. The second-order valence-corrected chi connectivity index (χ2v) is 5.36. The highest BCUT2D eigenvalue weighted by Gasteiger charge is 2.17. The van der Waals surface area contributed by atoms with Gasteiger partial charge in [0.05, 0.1) is 18.2 Å². The molecule has 0 atom stereocenters. The average molecular weight is 328 g/mol. The number of anilines is 1. The molecule has 0 saturated carbocycles. The zero-order valence-electron chi connectivity index (χ0n) is 12.3. The van der Waals surface area contributed by atoms with Gasteiger partial charge in [0.25, 0.3) is 5.91 Å². The molecule has 23 heavy (non-hydrogen) atoms.